The van der Waals surface area contributed by atoms with Gasteiger partial charge in [-0.05, 0) is 58.4 Å². The molecule has 2 N–H and O–H groups in total. The molecule has 1 aromatic carbocycles. The van der Waals surface area contributed by atoms with Gasteiger partial charge in [-0.25, -0.2) is 9.48 Å². The Morgan fingerprint density at radius 3 is 2.14 bits per heavy atom. The summed E-state index contributed by atoms with van der Waals surface area (Å²) < 4.78 is 49.9. The van der Waals surface area contributed by atoms with Crippen molar-refractivity contribution in [1.82, 2.24) is 24.9 Å². The molecule has 12 nitrogen and oxygen atoms in total. The third-order valence-corrected chi connectivity index (χ3v) is 6.20. The molecule has 1 atom stereocenters. The highest BCUT2D eigenvalue weighted by molar-refractivity contribution is 5.96. The number of hydrogen-bond acceptors (Lipinski definition) is 7. The van der Waals surface area contributed by atoms with Crippen LogP contribution in [0.4, 0.5) is 18.0 Å². The highest BCUT2D eigenvalue weighted by Gasteiger charge is 2.32. The van der Waals surface area contributed by atoms with E-state index in [-0.39, 0.29) is 57.0 Å². The number of nitrogens with zero attached hydrogens (tertiary/aromatic N) is 3. The summed E-state index contributed by atoms with van der Waals surface area (Å²) in [5.41, 5.74) is -2.57. The van der Waals surface area contributed by atoms with Crippen molar-refractivity contribution in [1.29, 1.82) is 0 Å². The van der Waals surface area contributed by atoms with Gasteiger partial charge in [-0.1, -0.05) is 0 Å². The van der Waals surface area contributed by atoms with Crippen LogP contribution < -0.4 is 10.9 Å². The summed E-state index contributed by atoms with van der Waals surface area (Å²) in [6.45, 7) is 7.71. The van der Waals surface area contributed by atoms with Crippen molar-refractivity contribution in [2.75, 3.05) is 32.8 Å². The Hall–Kier alpha value is -4.30. The molecule has 15 heteroatoms. The average Bonchev–Trinajstić information content (AvgIpc) is 3.31. The smallest absolute Gasteiger partial charge is 0.416 e. The van der Waals surface area contributed by atoms with E-state index < -0.39 is 52.8 Å². The number of piperazine rings is 1. The van der Waals surface area contributed by atoms with Gasteiger partial charge in [0.1, 0.15) is 17.3 Å². The van der Waals surface area contributed by atoms with Crippen LogP contribution in [0.5, 0.6) is 0 Å². The summed E-state index contributed by atoms with van der Waals surface area (Å²) in [7, 11) is 0. The zero-order chi connectivity index (χ0) is 31.2. The molecule has 2 heterocycles. The number of amides is 3. The number of H-pyrrole nitrogens is 1. The molecule has 1 fully saturated rings. The van der Waals surface area contributed by atoms with Crippen LogP contribution in [-0.4, -0.2) is 87.9 Å². The quantitative estimate of drug-likeness (QED) is 0.446. The molecule has 1 saturated heterocycles. The number of alkyl halides is 3. The van der Waals surface area contributed by atoms with Gasteiger partial charge in [0.15, 0.2) is 0 Å². The van der Waals surface area contributed by atoms with Crippen LogP contribution in [-0.2, 0) is 25.2 Å². The van der Waals surface area contributed by atoms with Gasteiger partial charge in [0, 0.05) is 38.7 Å². The van der Waals surface area contributed by atoms with Gasteiger partial charge in [-0.2, -0.15) is 13.2 Å². The zero-order valence-electron chi connectivity index (χ0n) is 23.7. The topological polar surface area (TPSA) is 143 Å². The number of halogens is 3. The number of rotatable bonds is 8. The maximum atomic E-state index is 13.4. The molecule has 1 aliphatic rings. The van der Waals surface area contributed by atoms with Crippen LogP contribution >= 0.6 is 0 Å². The number of esters is 1. The van der Waals surface area contributed by atoms with Gasteiger partial charge in [0.25, 0.3) is 11.5 Å². The molecule has 42 heavy (non-hydrogen) atoms. The fourth-order valence-electron chi connectivity index (χ4n) is 4.20. The lowest BCUT2D eigenvalue weighted by atomic mass is 10.1. The van der Waals surface area contributed by atoms with Gasteiger partial charge in [0.05, 0.1) is 17.9 Å². The average molecular weight is 598 g/mol. The Kier molecular flexibility index (Phi) is 10.1. The fraction of sp³-hybridized carbons (Fsp3) is 0.519. The fourth-order valence-corrected chi connectivity index (χ4v) is 4.20. The predicted molar refractivity (Wildman–Crippen MR) is 143 cm³/mol. The second-order valence-corrected chi connectivity index (χ2v) is 10.6. The first kappa shape index (κ1) is 32.2. The number of carbonyl (C=O) groups is 4. The first-order chi connectivity index (χ1) is 19.6. The second-order valence-electron chi connectivity index (χ2n) is 10.6. The highest BCUT2D eigenvalue weighted by Crippen LogP contribution is 2.29. The number of aromatic amines is 1. The Bertz CT molecular complexity index is 1340. The molecule has 1 aromatic heterocycles. The number of aromatic nitrogens is 2. The minimum Gasteiger partial charge on any atom is -0.460 e. The number of ether oxygens (including phenoxy) is 2. The molecular formula is C27H34F3N5O7. The molecule has 1 aliphatic heterocycles. The van der Waals surface area contributed by atoms with Gasteiger partial charge in [-0.15, -0.1) is 0 Å². The van der Waals surface area contributed by atoms with E-state index in [9.17, 15) is 37.1 Å². The maximum absolute atomic E-state index is 13.4. The highest BCUT2D eigenvalue weighted by atomic mass is 19.4. The molecular weight excluding hydrogens is 563 g/mol. The summed E-state index contributed by atoms with van der Waals surface area (Å²) >= 11 is 0. The van der Waals surface area contributed by atoms with Crippen molar-refractivity contribution in [2.45, 2.75) is 58.4 Å². The molecule has 0 spiro atoms. The molecule has 0 radical (unpaired) electrons. The summed E-state index contributed by atoms with van der Waals surface area (Å²) in [4.78, 5) is 66.3. The van der Waals surface area contributed by atoms with Gasteiger partial charge >= 0.3 is 18.2 Å². The van der Waals surface area contributed by atoms with E-state index in [1.54, 1.807) is 27.7 Å². The van der Waals surface area contributed by atoms with E-state index in [0.717, 1.165) is 35.0 Å². The molecule has 230 valence electrons. The predicted octanol–water partition coefficient (Wildman–Crippen LogP) is 2.71. The molecule has 3 amide bonds. The van der Waals surface area contributed by atoms with E-state index in [0.29, 0.717) is 0 Å². The van der Waals surface area contributed by atoms with E-state index in [2.05, 4.69) is 10.4 Å². The van der Waals surface area contributed by atoms with Crippen LogP contribution in [0.25, 0.3) is 5.69 Å². The number of benzene rings is 1. The van der Waals surface area contributed by atoms with Crippen molar-refractivity contribution >= 4 is 23.9 Å². The van der Waals surface area contributed by atoms with Gasteiger partial charge < -0.3 is 24.6 Å². The van der Waals surface area contributed by atoms with E-state index in [1.807, 2.05) is 0 Å². The van der Waals surface area contributed by atoms with Crippen LogP contribution in [0.15, 0.2) is 35.1 Å². The first-order valence-corrected chi connectivity index (χ1v) is 13.3. The third kappa shape index (κ3) is 8.60. The van der Waals surface area contributed by atoms with E-state index in [1.165, 1.54) is 9.80 Å². The maximum Gasteiger partial charge on any atom is 0.416 e. The van der Waals surface area contributed by atoms with Crippen LogP contribution in [0, 0.1) is 0 Å². The van der Waals surface area contributed by atoms with Crippen molar-refractivity contribution in [3.05, 3.63) is 51.9 Å². The van der Waals surface area contributed by atoms with Crippen molar-refractivity contribution in [3.63, 3.8) is 0 Å². The Balaban J connectivity index is 1.76. The first-order valence-electron chi connectivity index (χ1n) is 13.3. The SMILES string of the molecule is CCOC(=O)N1CCN(C(=O)[C@H](CCC(=O)OC(C)(C)C)NC(=O)c2cc(=O)n(-c3ccc(C(F)(F)F)cc3)[nH]2)CC1. The summed E-state index contributed by atoms with van der Waals surface area (Å²) in [6, 6.07) is 3.51. The Morgan fingerprint density at radius 2 is 1.60 bits per heavy atom. The number of hydrogen-bond donors (Lipinski definition) is 2. The number of carbonyl (C=O) groups excluding carboxylic acids is 4. The number of nitrogens with one attached hydrogen (secondary N) is 2. The van der Waals surface area contributed by atoms with Gasteiger partial charge in [0.2, 0.25) is 5.91 Å². The van der Waals surface area contributed by atoms with Crippen molar-refractivity contribution in [3.8, 4) is 5.69 Å². The standard InChI is InChI=1S/C27H34F3N5O7/c1-5-41-25(40)34-14-12-33(13-15-34)24(39)19(10-11-22(37)42-26(2,3)4)31-23(38)20-16-21(36)35(32-20)18-8-6-17(7-9-18)27(28,29)30/h6-9,16,19,32H,5,10-15H2,1-4H3,(H,31,38)/t19-/m0/s1. The lowest BCUT2D eigenvalue weighted by Crippen LogP contribution is -2.56. The molecule has 3 rings (SSSR count). The lowest BCUT2D eigenvalue weighted by Gasteiger charge is -2.36. The van der Waals surface area contributed by atoms with Crippen molar-refractivity contribution < 1.29 is 41.8 Å². The Labute approximate surface area is 239 Å². The van der Waals surface area contributed by atoms with Crippen LogP contribution in [0.1, 0.15) is 56.6 Å². The minimum atomic E-state index is -4.56. The minimum absolute atomic E-state index is 0.0593. The van der Waals surface area contributed by atoms with E-state index >= 15 is 0 Å². The Morgan fingerprint density at radius 1 is 1.00 bits per heavy atom. The normalized spacial score (nSPS) is 14.7. The third-order valence-electron chi connectivity index (χ3n) is 6.20. The second kappa shape index (κ2) is 13.1. The van der Waals surface area contributed by atoms with E-state index in [4.69, 9.17) is 9.47 Å². The zero-order valence-corrected chi connectivity index (χ0v) is 23.7. The monoisotopic (exact) mass is 597 g/mol. The largest absolute Gasteiger partial charge is 0.460 e. The summed E-state index contributed by atoms with van der Waals surface area (Å²) in [5.74, 6) is -1.92. The van der Waals surface area contributed by atoms with Crippen molar-refractivity contribution in [2.24, 2.45) is 0 Å². The van der Waals surface area contributed by atoms with Crippen LogP contribution in [0.2, 0.25) is 0 Å². The lowest BCUT2D eigenvalue weighted by molar-refractivity contribution is -0.155. The molecule has 0 aliphatic carbocycles. The van der Waals surface area contributed by atoms with Crippen LogP contribution in [0.3, 0.4) is 0 Å². The summed E-state index contributed by atoms with van der Waals surface area (Å²) in [5, 5.41) is 5.09. The van der Waals surface area contributed by atoms with Gasteiger partial charge in [-0.3, -0.25) is 24.3 Å². The summed E-state index contributed by atoms with van der Waals surface area (Å²) in [6.07, 6.45) is -5.36. The molecule has 0 saturated carbocycles. The molecule has 0 unspecified atom stereocenters. The molecule has 2 aromatic rings. The molecule has 0 bridgehead atoms.